The van der Waals surface area contributed by atoms with Crippen molar-refractivity contribution in [3.63, 3.8) is 0 Å². The fraction of sp³-hybridized carbons (Fsp3) is 0.833. The van der Waals surface area contributed by atoms with Crippen molar-refractivity contribution < 1.29 is 9.53 Å². The maximum atomic E-state index is 11.5. The van der Waals surface area contributed by atoms with Gasteiger partial charge >= 0.3 is 5.97 Å². The number of ether oxygens (including phenoxy) is 1. The summed E-state index contributed by atoms with van der Waals surface area (Å²) in [5.41, 5.74) is 4.57. The van der Waals surface area contributed by atoms with E-state index in [0.29, 0.717) is 22.7 Å². The Morgan fingerprint density at radius 3 is 2.44 bits per heavy atom. The van der Waals surface area contributed by atoms with Crippen LogP contribution in [0.4, 0.5) is 0 Å². The lowest BCUT2D eigenvalue weighted by atomic mass is 9.49. The number of carbonyl (C=O) groups is 1. The van der Waals surface area contributed by atoms with Gasteiger partial charge in [-0.15, -0.1) is 0 Å². The van der Waals surface area contributed by atoms with E-state index in [-0.39, 0.29) is 12.1 Å². The number of esters is 1. The van der Waals surface area contributed by atoms with Crippen LogP contribution in [-0.4, -0.2) is 12.1 Å². The van der Waals surface area contributed by atoms with Crippen molar-refractivity contribution >= 4 is 5.97 Å². The molecule has 0 radical (unpaired) electrons. The molecule has 3 saturated carbocycles. The van der Waals surface area contributed by atoms with Gasteiger partial charge in [-0.1, -0.05) is 64.8 Å². The number of hydrogen-bond donors (Lipinski definition) is 0. The van der Waals surface area contributed by atoms with Gasteiger partial charge in [-0.2, -0.15) is 0 Å². The standard InChI is InChI=1S/C30H48O2/c1-19(2)20(3)8-9-21(4)26-12-13-27-25-11-10-23-18-24(32-22(5)31)14-16-29(23,6)28(25)15-17-30(26,27)7/h8-9,19-21,23-24,26,28H,10-18H2,1-7H3/b9-8+/t20-,21+,23-,24+,26+,28+,29-,30+/m0/s1. The average Bonchev–Trinajstić information content (AvgIpc) is 3.08. The molecule has 0 N–H and O–H groups in total. The van der Waals surface area contributed by atoms with Gasteiger partial charge in [0.2, 0.25) is 0 Å². The lowest BCUT2D eigenvalue weighted by Crippen LogP contribution is -2.48. The second kappa shape index (κ2) is 8.95. The SMILES string of the molecule is CC(=O)O[C@@H]1CC[C@@]2(C)[C@@H](CCC3=C4CC[C@H]([C@H](C)/C=C/[C@H](C)C(C)C)[C@@]4(C)CC[C@H]32)C1. The first-order valence-corrected chi connectivity index (χ1v) is 13.6. The van der Waals surface area contributed by atoms with Crippen LogP contribution in [-0.2, 0) is 9.53 Å². The van der Waals surface area contributed by atoms with Crippen molar-refractivity contribution in [1.82, 2.24) is 0 Å². The van der Waals surface area contributed by atoms with Gasteiger partial charge in [-0.05, 0) is 104 Å². The Bertz CT molecular complexity index is 776. The molecule has 0 aromatic rings. The summed E-state index contributed by atoms with van der Waals surface area (Å²) in [4.78, 5) is 11.5. The summed E-state index contributed by atoms with van der Waals surface area (Å²) >= 11 is 0. The highest BCUT2D eigenvalue weighted by atomic mass is 16.5. The molecule has 0 heterocycles. The Hall–Kier alpha value is -1.05. The second-order valence-corrected chi connectivity index (χ2v) is 12.8. The van der Waals surface area contributed by atoms with E-state index in [0.717, 1.165) is 36.5 Å². The van der Waals surface area contributed by atoms with Crippen molar-refractivity contribution in [2.75, 3.05) is 0 Å². The van der Waals surface area contributed by atoms with Gasteiger partial charge in [-0.3, -0.25) is 4.79 Å². The van der Waals surface area contributed by atoms with E-state index < -0.39 is 0 Å². The number of rotatable bonds is 5. The molecule has 0 amide bonds. The van der Waals surface area contributed by atoms with Crippen LogP contribution in [0.15, 0.2) is 23.3 Å². The lowest BCUT2D eigenvalue weighted by molar-refractivity contribution is -0.152. The summed E-state index contributed by atoms with van der Waals surface area (Å²) in [6.45, 7) is 16.3. The van der Waals surface area contributed by atoms with E-state index in [1.165, 1.54) is 44.9 Å². The zero-order valence-corrected chi connectivity index (χ0v) is 21.9. The molecule has 2 heteroatoms. The number of allylic oxidation sites excluding steroid dienone is 4. The molecule has 2 nitrogen and oxygen atoms in total. The molecule has 0 aromatic carbocycles. The Balaban J connectivity index is 1.53. The predicted octanol–water partition coefficient (Wildman–Crippen LogP) is 8.13. The third kappa shape index (κ3) is 4.14. The molecular formula is C30H48O2. The van der Waals surface area contributed by atoms with E-state index in [1.54, 1.807) is 6.92 Å². The van der Waals surface area contributed by atoms with Gasteiger partial charge in [-0.25, -0.2) is 0 Å². The summed E-state index contributed by atoms with van der Waals surface area (Å²) in [6.07, 6.45) is 16.6. The van der Waals surface area contributed by atoms with Crippen LogP contribution in [0.5, 0.6) is 0 Å². The molecule has 180 valence electrons. The van der Waals surface area contributed by atoms with E-state index in [4.69, 9.17) is 4.74 Å². The number of carbonyl (C=O) groups excluding carboxylic acids is 1. The lowest BCUT2D eigenvalue weighted by Gasteiger charge is -2.57. The van der Waals surface area contributed by atoms with Crippen LogP contribution in [0, 0.1) is 46.3 Å². The Morgan fingerprint density at radius 2 is 1.75 bits per heavy atom. The largest absolute Gasteiger partial charge is 0.463 e. The highest BCUT2D eigenvalue weighted by molar-refractivity contribution is 5.66. The molecule has 3 fully saturated rings. The zero-order chi connectivity index (χ0) is 23.3. The van der Waals surface area contributed by atoms with Crippen molar-refractivity contribution in [1.29, 1.82) is 0 Å². The van der Waals surface area contributed by atoms with Gasteiger partial charge in [0.1, 0.15) is 6.10 Å². The second-order valence-electron chi connectivity index (χ2n) is 12.8. The predicted molar refractivity (Wildman–Crippen MR) is 133 cm³/mol. The molecule has 0 saturated heterocycles. The van der Waals surface area contributed by atoms with Gasteiger partial charge in [0, 0.05) is 6.92 Å². The third-order valence-electron chi connectivity index (χ3n) is 10.8. The normalized spacial score (nSPS) is 41.2. The quantitative estimate of drug-likeness (QED) is 0.318. The summed E-state index contributed by atoms with van der Waals surface area (Å²) in [5, 5.41) is 0. The first kappa shape index (κ1) is 24.1. The number of fused-ring (bicyclic) bond motifs is 4. The Morgan fingerprint density at radius 1 is 1.00 bits per heavy atom. The average molecular weight is 441 g/mol. The summed E-state index contributed by atoms with van der Waals surface area (Å²) in [5.74, 6) is 4.24. The van der Waals surface area contributed by atoms with Crippen molar-refractivity contribution in [3.05, 3.63) is 23.3 Å². The molecular weight excluding hydrogens is 392 g/mol. The van der Waals surface area contributed by atoms with Gasteiger partial charge in [0.15, 0.2) is 0 Å². The van der Waals surface area contributed by atoms with Crippen molar-refractivity contribution in [3.8, 4) is 0 Å². The van der Waals surface area contributed by atoms with Crippen molar-refractivity contribution in [2.24, 2.45) is 46.3 Å². The molecule has 0 aliphatic heterocycles. The maximum Gasteiger partial charge on any atom is 0.302 e. The molecule has 4 aliphatic carbocycles. The van der Waals surface area contributed by atoms with Crippen LogP contribution >= 0.6 is 0 Å². The van der Waals surface area contributed by atoms with Crippen molar-refractivity contribution in [2.45, 2.75) is 112 Å². The van der Waals surface area contributed by atoms with Crippen LogP contribution in [0.25, 0.3) is 0 Å². The number of hydrogen-bond acceptors (Lipinski definition) is 2. The molecule has 4 rings (SSSR count). The minimum atomic E-state index is -0.103. The molecule has 0 unspecified atom stereocenters. The summed E-state index contributed by atoms with van der Waals surface area (Å²) < 4.78 is 5.64. The maximum absolute atomic E-state index is 11.5. The van der Waals surface area contributed by atoms with Crippen LogP contribution < -0.4 is 0 Å². The van der Waals surface area contributed by atoms with Crippen LogP contribution in [0.1, 0.15) is 106 Å². The van der Waals surface area contributed by atoms with E-state index in [9.17, 15) is 4.79 Å². The smallest absolute Gasteiger partial charge is 0.302 e. The van der Waals surface area contributed by atoms with Crippen LogP contribution in [0.2, 0.25) is 0 Å². The van der Waals surface area contributed by atoms with Gasteiger partial charge in [0.05, 0.1) is 0 Å². The van der Waals surface area contributed by atoms with E-state index in [2.05, 4.69) is 53.7 Å². The molecule has 32 heavy (non-hydrogen) atoms. The summed E-state index contributed by atoms with van der Waals surface area (Å²) in [6, 6.07) is 0. The molecule has 0 aromatic heterocycles. The molecule has 8 atom stereocenters. The fourth-order valence-electron chi connectivity index (χ4n) is 8.38. The Kier molecular flexibility index (Phi) is 6.74. The van der Waals surface area contributed by atoms with Gasteiger partial charge < -0.3 is 4.74 Å². The minimum Gasteiger partial charge on any atom is -0.463 e. The van der Waals surface area contributed by atoms with E-state index >= 15 is 0 Å². The molecule has 0 bridgehead atoms. The first-order valence-electron chi connectivity index (χ1n) is 13.6. The highest BCUT2D eigenvalue weighted by Gasteiger charge is 2.55. The minimum absolute atomic E-state index is 0.103. The van der Waals surface area contributed by atoms with Gasteiger partial charge in [0.25, 0.3) is 0 Å². The monoisotopic (exact) mass is 440 g/mol. The zero-order valence-electron chi connectivity index (χ0n) is 21.9. The summed E-state index contributed by atoms with van der Waals surface area (Å²) in [7, 11) is 0. The Labute approximate surface area is 197 Å². The van der Waals surface area contributed by atoms with E-state index in [1.807, 2.05) is 11.1 Å². The van der Waals surface area contributed by atoms with Crippen LogP contribution in [0.3, 0.4) is 0 Å². The third-order valence-corrected chi connectivity index (χ3v) is 10.8. The molecule has 4 aliphatic rings. The fourth-order valence-corrected chi connectivity index (χ4v) is 8.38. The highest BCUT2D eigenvalue weighted by Crippen LogP contribution is 2.65. The topological polar surface area (TPSA) is 26.3 Å². The first-order chi connectivity index (χ1) is 15.1. The molecule has 0 spiro atoms.